The summed E-state index contributed by atoms with van der Waals surface area (Å²) < 4.78 is 18.1. The van der Waals surface area contributed by atoms with Gasteiger partial charge < -0.3 is 10.1 Å². The predicted molar refractivity (Wildman–Crippen MR) is 69.1 cm³/mol. The average Bonchev–Trinajstić information content (AvgIpc) is 2.27. The highest BCUT2D eigenvalue weighted by Gasteiger charge is 2.36. The molecule has 1 N–H and O–H groups in total. The first-order valence-electron chi connectivity index (χ1n) is 6.71. The maximum Gasteiger partial charge on any atom is 0.123 e. The van der Waals surface area contributed by atoms with E-state index >= 15 is 0 Å². The van der Waals surface area contributed by atoms with Gasteiger partial charge in [0.1, 0.15) is 5.82 Å². The minimum absolute atomic E-state index is 0.148. The number of ether oxygens (including phenoxy) is 1. The highest BCUT2D eigenvalue weighted by atomic mass is 19.1. The van der Waals surface area contributed by atoms with Gasteiger partial charge in [0.25, 0.3) is 0 Å². The fraction of sp³-hybridized carbons (Fsp3) is 0.600. The van der Waals surface area contributed by atoms with Gasteiger partial charge in [-0.2, -0.15) is 0 Å². The molecule has 0 unspecified atom stereocenters. The Morgan fingerprint density at radius 2 is 1.94 bits per heavy atom. The molecule has 3 heteroatoms. The van der Waals surface area contributed by atoms with Gasteiger partial charge in [-0.25, -0.2) is 4.39 Å². The largest absolute Gasteiger partial charge is 0.380 e. The Morgan fingerprint density at radius 1 is 1.28 bits per heavy atom. The molecule has 0 bridgehead atoms. The maximum atomic E-state index is 12.8. The van der Waals surface area contributed by atoms with E-state index in [2.05, 4.69) is 12.2 Å². The van der Waals surface area contributed by atoms with Crippen LogP contribution < -0.4 is 5.32 Å². The standard InChI is InChI=1S/C15H20FNO/c1-15(9-18-10-15)8-17-14-6-12(7-14)11-2-4-13(16)5-3-11/h2-5,12,14,17H,6-10H2,1H3. The molecule has 2 nitrogen and oxygen atoms in total. The molecular weight excluding hydrogens is 229 g/mol. The Hall–Kier alpha value is -0.930. The molecule has 0 atom stereocenters. The van der Waals surface area contributed by atoms with Gasteiger partial charge in [0, 0.05) is 18.0 Å². The molecule has 1 saturated carbocycles. The summed E-state index contributed by atoms with van der Waals surface area (Å²) >= 11 is 0. The number of hydrogen-bond acceptors (Lipinski definition) is 2. The van der Waals surface area contributed by atoms with E-state index in [1.165, 1.54) is 18.4 Å². The van der Waals surface area contributed by atoms with Crippen molar-refractivity contribution in [3.63, 3.8) is 0 Å². The average molecular weight is 249 g/mol. The van der Waals surface area contributed by atoms with Gasteiger partial charge in [-0.1, -0.05) is 19.1 Å². The van der Waals surface area contributed by atoms with Crippen LogP contribution in [0.2, 0.25) is 0 Å². The zero-order chi connectivity index (χ0) is 12.6. The van der Waals surface area contributed by atoms with Crippen LogP contribution in [0.15, 0.2) is 24.3 Å². The van der Waals surface area contributed by atoms with Crippen LogP contribution in [0.25, 0.3) is 0 Å². The van der Waals surface area contributed by atoms with Crippen LogP contribution in [0.1, 0.15) is 31.2 Å². The minimum Gasteiger partial charge on any atom is -0.380 e. The van der Waals surface area contributed by atoms with Gasteiger partial charge in [-0.15, -0.1) is 0 Å². The van der Waals surface area contributed by atoms with Gasteiger partial charge in [0.15, 0.2) is 0 Å². The second kappa shape index (κ2) is 4.63. The number of halogens is 1. The van der Waals surface area contributed by atoms with Crippen molar-refractivity contribution in [1.82, 2.24) is 5.32 Å². The van der Waals surface area contributed by atoms with E-state index in [1.807, 2.05) is 12.1 Å². The first-order valence-corrected chi connectivity index (χ1v) is 6.71. The first kappa shape index (κ1) is 12.1. The molecule has 1 heterocycles. The molecule has 1 aromatic rings. The molecular formula is C15H20FNO. The summed E-state index contributed by atoms with van der Waals surface area (Å²) in [6, 6.07) is 7.57. The van der Waals surface area contributed by atoms with Crippen LogP contribution in [-0.2, 0) is 4.74 Å². The molecule has 0 spiro atoms. The zero-order valence-corrected chi connectivity index (χ0v) is 10.8. The van der Waals surface area contributed by atoms with Crippen LogP contribution in [0.3, 0.4) is 0 Å². The van der Waals surface area contributed by atoms with E-state index in [9.17, 15) is 4.39 Å². The molecule has 18 heavy (non-hydrogen) atoms. The van der Waals surface area contributed by atoms with Crippen LogP contribution in [0.5, 0.6) is 0 Å². The second-order valence-electron chi connectivity index (χ2n) is 6.10. The summed E-state index contributed by atoms with van der Waals surface area (Å²) in [5, 5.41) is 3.62. The molecule has 3 rings (SSSR count). The first-order chi connectivity index (χ1) is 8.65. The molecule has 0 radical (unpaired) electrons. The predicted octanol–water partition coefficient (Wildman–Crippen LogP) is 2.70. The smallest absolute Gasteiger partial charge is 0.123 e. The van der Waals surface area contributed by atoms with E-state index in [4.69, 9.17) is 4.74 Å². The summed E-state index contributed by atoms with van der Waals surface area (Å²) in [7, 11) is 0. The summed E-state index contributed by atoms with van der Waals surface area (Å²) in [6.07, 6.45) is 2.34. The third-order valence-electron chi connectivity index (χ3n) is 4.20. The fourth-order valence-corrected chi connectivity index (χ4v) is 2.73. The van der Waals surface area contributed by atoms with Gasteiger partial charge in [-0.05, 0) is 36.5 Å². The van der Waals surface area contributed by atoms with Gasteiger partial charge >= 0.3 is 0 Å². The van der Waals surface area contributed by atoms with Crippen molar-refractivity contribution in [2.24, 2.45) is 5.41 Å². The van der Waals surface area contributed by atoms with Crippen molar-refractivity contribution >= 4 is 0 Å². The SMILES string of the molecule is CC1(CNC2CC(c3ccc(F)cc3)C2)COC1. The molecule has 1 aliphatic heterocycles. The molecule has 0 amide bonds. The fourth-order valence-electron chi connectivity index (χ4n) is 2.73. The number of benzene rings is 1. The Morgan fingerprint density at radius 3 is 2.50 bits per heavy atom. The van der Waals surface area contributed by atoms with Crippen molar-refractivity contribution in [3.05, 3.63) is 35.6 Å². The van der Waals surface area contributed by atoms with Crippen LogP contribution in [-0.4, -0.2) is 25.8 Å². The normalized spacial score (nSPS) is 29.4. The Balaban J connectivity index is 1.44. The molecule has 1 aromatic carbocycles. The second-order valence-corrected chi connectivity index (χ2v) is 6.10. The monoisotopic (exact) mass is 249 g/mol. The summed E-state index contributed by atoms with van der Waals surface area (Å²) in [5.74, 6) is 0.458. The van der Waals surface area contributed by atoms with Crippen molar-refractivity contribution in [2.45, 2.75) is 31.7 Å². The van der Waals surface area contributed by atoms with E-state index < -0.39 is 0 Å². The lowest BCUT2D eigenvalue weighted by atomic mass is 9.75. The van der Waals surface area contributed by atoms with Crippen molar-refractivity contribution in [2.75, 3.05) is 19.8 Å². The zero-order valence-electron chi connectivity index (χ0n) is 10.8. The highest BCUT2D eigenvalue weighted by Crippen LogP contribution is 2.37. The topological polar surface area (TPSA) is 21.3 Å². The Bertz CT molecular complexity index is 407. The lowest BCUT2D eigenvalue weighted by Gasteiger charge is -2.42. The third kappa shape index (κ3) is 2.43. The number of nitrogens with one attached hydrogen (secondary N) is 1. The molecule has 2 aliphatic rings. The quantitative estimate of drug-likeness (QED) is 0.886. The molecule has 2 fully saturated rings. The lowest BCUT2D eigenvalue weighted by molar-refractivity contribution is -0.101. The Kier molecular flexibility index (Phi) is 3.12. The summed E-state index contributed by atoms with van der Waals surface area (Å²) in [4.78, 5) is 0. The third-order valence-corrected chi connectivity index (χ3v) is 4.20. The summed E-state index contributed by atoms with van der Waals surface area (Å²) in [5.41, 5.74) is 1.62. The van der Waals surface area contributed by atoms with E-state index in [0.29, 0.717) is 17.4 Å². The van der Waals surface area contributed by atoms with Gasteiger partial charge in [0.2, 0.25) is 0 Å². The number of hydrogen-bond donors (Lipinski definition) is 1. The molecule has 0 aromatic heterocycles. The van der Waals surface area contributed by atoms with Crippen LogP contribution >= 0.6 is 0 Å². The van der Waals surface area contributed by atoms with Crippen molar-refractivity contribution < 1.29 is 9.13 Å². The van der Waals surface area contributed by atoms with E-state index in [0.717, 1.165) is 19.8 Å². The number of rotatable bonds is 4. The van der Waals surface area contributed by atoms with Gasteiger partial charge in [0.05, 0.1) is 13.2 Å². The lowest BCUT2D eigenvalue weighted by Crippen LogP contribution is -2.51. The molecule has 98 valence electrons. The summed E-state index contributed by atoms with van der Waals surface area (Å²) in [6.45, 7) is 5.08. The van der Waals surface area contributed by atoms with Crippen LogP contribution in [0, 0.1) is 11.2 Å². The highest BCUT2D eigenvalue weighted by molar-refractivity contribution is 5.23. The van der Waals surface area contributed by atoms with Crippen molar-refractivity contribution in [1.29, 1.82) is 0 Å². The Labute approximate surface area is 108 Å². The van der Waals surface area contributed by atoms with Crippen LogP contribution in [0.4, 0.5) is 4.39 Å². The van der Waals surface area contributed by atoms with Crippen molar-refractivity contribution in [3.8, 4) is 0 Å². The minimum atomic E-state index is -0.148. The maximum absolute atomic E-state index is 12.8. The van der Waals surface area contributed by atoms with Gasteiger partial charge in [-0.3, -0.25) is 0 Å². The van der Waals surface area contributed by atoms with E-state index in [1.54, 1.807) is 12.1 Å². The molecule has 1 saturated heterocycles. The van der Waals surface area contributed by atoms with E-state index in [-0.39, 0.29) is 5.82 Å². The molecule has 1 aliphatic carbocycles.